The number of hydrogen-bond donors (Lipinski definition) is 2. The fourth-order valence-electron chi connectivity index (χ4n) is 6.36. The van der Waals surface area contributed by atoms with E-state index in [4.69, 9.17) is 32.7 Å². The Hall–Kier alpha value is -1.96. The number of amides is 4. The van der Waals surface area contributed by atoms with Gasteiger partial charge in [-0.25, -0.2) is 9.59 Å². The van der Waals surface area contributed by atoms with Crippen molar-refractivity contribution < 1.29 is 62.0 Å². The van der Waals surface area contributed by atoms with Gasteiger partial charge in [0.25, 0.3) is 0 Å². The fraction of sp³-hybridized carbons (Fsp3) is 0.517. The van der Waals surface area contributed by atoms with Crippen molar-refractivity contribution in [3.8, 4) is 11.5 Å². The normalized spacial score (nSPS) is 19.0. The molecule has 0 radical (unpaired) electrons. The molecule has 2 aromatic carbocycles. The first-order valence-electron chi connectivity index (χ1n) is 14.2. The van der Waals surface area contributed by atoms with Gasteiger partial charge in [-0.2, -0.15) is 0 Å². The Morgan fingerprint density at radius 3 is 1.35 bits per heavy atom. The highest BCUT2D eigenvalue weighted by Gasteiger charge is 2.43. The molecule has 43 heavy (non-hydrogen) atoms. The SMILES string of the molecule is COc1ccc(NC(=O)N2CC[N+]3(CCC[N+]4(CCN(C(=O)Nc5ccc(OC)c(Cl)c5)CC4)CC3)CC2)cc1Cl.[Br-].[Br-]. The Bertz CT molecular complexity index is 1180. The van der Waals surface area contributed by atoms with Gasteiger partial charge in [0, 0.05) is 17.8 Å². The number of benzene rings is 2. The van der Waals surface area contributed by atoms with Gasteiger partial charge in [0.2, 0.25) is 0 Å². The lowest BCUT2D eigenvalue weighted by atomic mass is 10.2. The zero-order chi connectivity index (χ0) is 29.0. The quantitative estimate of drug-likeness (QED) is 0.370. The van der Waals surface area contributed by atoms with Crippen LogP contribution < -0.4 is 54.1 Å². The molecule has 2 aromatic rings. The maximum Gasteiger partial charge on any atom is 0.322 e. The number of quaternary nitrogens is 2. The Morgan fingerprint density at radius 2 is 1.02 bits per heavy atom. The van der Waals surface area contributed by atoms with Crippen LogP contribution in [-0.4, -0.2) is 124 Å². The minimum atomic E-state index is -0.0892. The van der Waals surface area contributed by atoms with E-state index in [1.54, 1.807) is 50.6 Å². The van der Waals surface area contributed by atoms with Gasteiger partial charge in [-0.15, -0.1) is 0 Å². The number of anilines is 2. The van der Waals surface area contributed by atoms with E-state index in [1.807, 2.05) is 9.80 Å². The molecule has 0 aliphatic carbocycles. The summed E-state index contributed by atoms with van der Waals surface area (Å²) in [5.41, 5.74) is 1.33. The number of carbonyl (C=O) groups excluding carboxylic acids is 2. The van der Waals surface area contributed by atoms with Crippen LogP contribution in [0.4, 0.5) is 21.0 Å². The van der Waals surface area contributed by atoms with Gasteiger partial charge in [-0.1, -0.05) is 23.2 Å². The molecular formula is C29H40Br2Cl2N6O4. The molecule has 3 aliphatic rings. The molecule has 0 unspecified atom stereocenters. The summed E-state index contributed by atoms with van der Waals surface area (Å²) in [4.78, 5) is 29.7. The summed E-state index contributed by atoms with van der Waals surface area (Å²) < 4.78 is 12.5. The number of rotatable bonds is 4. The second-order valence-corrected chi connectivity index (χ2v) is 12.2. The Kier molecular flexibility index (Phi) is 12.7. The van der Waals surface area contributed by atoms with Gasteiger partial charge in [-0.3, -0.25) is 0 Å². The van der Waals surface area contributed by atoms with Gasteiger partial charge >= 0.3 is 12.1 Å². The van der Waals surface area contributed by atoms with Crippen LogP contribution in [0, 0.1) is 0 Å². The summed E-state index contributed by atoms with van der Waals surface area (Å²) in [6.45, 7) is 11.3. The summed E-state index contributed by atoms with van der Waals surface area (Å²) in [7, 11) is 3.14. The van der Waals surface area contributed by atoms with Crippen molar-refractivity contribution in [2.24, 2.45) is 0 Å². The van der Waals surface area contributed by atoms with E-state index in [2.05, 4.69) is 10.6 Å². The summed E-state index contributed by atoms with van der Waals surface area (Å²) >= 11 is 12.4. The van der Waals surface area contributed by atoms with Crippen LogP contribution in [0.2, 0.25) is 10.0 Å². The van der Waals surface area contributed by atoms with Crippen LogP contribution in [0.3, 0.4) is 0 Å². The molecular weight excluding hydrogens is 727 g/mol. The molecule has 4 amide bonds. The highest BCUT2D eigenvalue weighted by molar-refractivity contribution is 6.32. The van der Waals surface area contributed by atoms with Crippen LogP contribution >= 0.6 is 23.2 Å². The van der Waals surface area contributed by atoms with Crippen molar-refractivity contribution in [3.05, 3.63) is 46.4 Å². The zero-order valence-electron chi connectivity index (χ0n) is 24.6. The predicted octanol–water partition coefficient (Wildman–Crippen LogP) is -1.55. The van der Waals surface area contributed by atoms with Gasteiger partial charge in [-0.05, 0) is 36.4 Å². The predicted molar refractivity (Wildman–Crippen MR) is 161 cm³/mol. The number of piperazine rings is 2. The number of carbonyl (C=O) groups is 2. The fourth-order valence-corrected chi connectivity index (χ4v) is 6.88. The van der Waals surface area contributed by atoms with Crippen LogP contribution in [0.1, 0.15) is 6.42 Å². The number of hydrogen-bond acceptors (Lipinski definition) is 4. The Labute approximate surface area is 284 Å². The van der Waals surface area contributed by atoms with Gasteiger partial charge in [0.1, 0.15) is 24.6 Å². The van der Waals surface area contributed by atoms with Crippen molar-refractivity contribution >= 4 is 46.6 Å². The van der Waals surface area contributed by atoms with Crippen LogP contribution in [0.15, 0.2) is 36.4 Å². The number of urea groups is 2. The van der Waals surface area contributed by atoms with Crippen molar-refractivity contribution in [3.63, 3.8) is 0 Å². The lowest BCUT2D eigenvalue weighted by molar-refractivity contribution is -0.966. The molecule has 3 saturated heterocycles. The maximum atomic E-state index is 12.9. The number of nitrogens with one attached hydrogen (secondary N) is 2. The molecule has 3 heterocycles. The largest absolute Gasteiger partial charge is 1.00 e. The standard InChI is InChI=1S/C29H38Cl2N6O4.2BrH/c1-40-26-6-4-22(20-24(26)30)32-28(38)34-8-14-36(15-9-34)12-3-13-37(19-18-36)16-10-35(11-17-37)29(39)33-23-5-7-27(41-2)25(31)21-23;;/h4-7,20-21H,3,8-19H2,1-2H3;2*1H. The van der Waals surface area contributed by atoms with E-state index in [9.17, 15) is 9.59 Å². The van der Waals surface area contributed by atoms with E-state index < -0.39 is 0 Å². The van der Waals surface area contributed by atoms with E-state index in [0.717, 1.165) is 93.9 Å². The molecule has 3 aliphatic heterocycles. The lowest BCUT2D eigenvalue weighted by Crippen LogP contribution is -3.00. The van der Waals surface area contributed by atoms with E-state index in [0.29, 0.717) is 32.9 Å². The molecule has 2 N–H and O–H groups in total. The van der Waals surface area contributed by atoms with Crippen molar-refractivity contribution in [2.45, 2.75) is 6.42 Å². The first-order chi connectivity index (χ1) is 19.7. The minimum absolute atomic E-state index is 0. The minimum Gasteiger partial charge on any atom is -1.00 e. The highest BCUT2D eigenvalue weighted by Crippen LogP contribution is 2.29. The maximum absolute atomic E-state index is 12.9. The molecule has 10 nitrogen and oxygen atoms in total. The summed E-state index contributed by atoms with van der Waals surface area (Å²) in [5.74, 6) is 1.17. The molecule has 5 rings (SSSR count). The van der Waals surface area contributed by atoms with Crippen molar-refractivity contribution in [1.82, 2.24) is 9.80 Å². The number of halogens is 4. The lowest BCUT2D eigenvalue weighted by Gasteiger charge is -2.46. The average Bonchev–Trinajstić information content (AvgIpc) is 3.13. The molecule has 0 aromatic heterocycles. The number of ether oxygens (including phenoxy) is 2. The molecule has 14 heteroatoms. The van der Waals surface area contributed by atoms with Crippen LogP contribution in [0.25, 0.3) is 0 Å². The Balaban J connectivity index is 0.00000253. The Morgan fingerprint density at radius 1 is 0.651 bits per heavy atom. The van der Waals surface area contributed by atoms with E-state index in [1.165, 1.54) is 0 Å². The highest BCUT2D eigenvalue weighted by atomic mass is 79.9. The average molecular weight is 767 g/mol. The number of methoxy groups -OCH3 is 2. The summed E-state index contributed by atoms with van der Waals surface area (Å²) in [6.07, 6.45) is 1.16. The molecule has 238 valence electrons. The van der Waals surface area contributed by atoms with Gasteiger partial charge in [0.15, 0.2) is 0 Å². The third-order valence-electron chi connectivity index (χ3n) is 9.07. The summed E-state index contributed by atoms with van der Waals surface area (Å²) in [6, 6.07) is 10.4. The smallest absolute Gasteiger partial charge is 0.322 e. The molecule has 3 fully saturated rings. The van der Waals surface area contributed by atoms with Crippen molar-refractivity contribution in [1.29, 1.82) is 0 Å². The van der Waals surface area contributed by atoms with E-state index in [-0.39, 0.29) is 46.0 Å². The van der Waals surface area contributed by atoms with Gasteiger partial charge < -0.3 is 72.8 Å². The third-order valence-corrected chi connectivity index (χ3v) is 9.66. The first-order valence-corrected chi connectivity index (χ1v) is 15.0. The van der Waals surface area contributed by atoms with Gasteiger partial charge in [0.05, 0.1) is 89.7 Å². The van der Waals surface area contributed by atoms with Crippen LogP contribution in [-0.2, 0) is 0 Å². The monoisotopic (exact) mass is 764 g/mol. The zero-order valence-corrected chi connectivity index (χ0v) is 29.3. The molecule has 0 bridgehead atoms. The molecule has 0 atom stereocenters. The summed E-state index contributed by atoms with van der Waals surface area (Å²) in [5, 5.41) is 6.90. The number of nitrogens with zero attached hydrogens (tertiary/aromatic N) is 4. The molecule has 2 spiro atoms. The first kappa shape index (κ1) is 35.5. The topological polar surface area (TPSA) is 83.1 Å². The van der Waals surface area contributed by atoms with E-state index >= 15 is 0 Å². The van der Waals surface area contributed by atoms with Crippen LogP contribution in [0.5, 0.6) is 11.5 Å². The van der Waals surface area contributed by atoms with Crippen molar-refractivity contribution in [2.75, 3.05) is 103 Å². The second-order valence-electron chi connectivity index (χ2n) is 11.4. The third kappa shape index (κ3) is 8.40. The molecule has 0 saturated carbocycles. The second kappa shape index (κ2) is 15.4.